The van der Waals surface area contributed by atoms with E-state index >= 15 is 0 Å². The van der Waals surface area contributed by atoms with Crippen LogP contribution >= 0.6 is 0 Å². The Kier molecular flexibility index (Phi) is 3.49. The molecule has 0 saturated carbocycles. The lowest BCUT2D eigenvalue weighted by Gasteiger charge is -2.10. The van der Waals surface area contributed by atoms with E-state index in [1.165, 1.54) is 29.1 Å². The van der Waals surface area contributed by atoms with E-state index in [1.807, 2.05) is 4.72 Å². The molecule has 8 heteroatoms. The summed E-state index contributed by atoms with van der Waals surface area (Å²) in [6.45, 7) is 0. The van der Waals surface area contributed by atoms with E-state index in [-0.39, 0.29) is 4.90 Å². The van der Waals surface area contributed by atoms with Crippen LogP contribution in [0.1, 0.15) is 10.4 Å². The highest BCUT2D eigenvalue weighted by Gasteiger charge is 2.21. The van der Waals surface area contributed by atoms with Crippen molar-refractivity contribution in [3.8, 4) is 0 Å². The van der Waals surface area contributed by atoms with E-state index in [2.05, 4.69) is 0 Å². The number of carbonyl (C=O) groups is 1. The third kappa shape index (κ3) is 2.64. The van der Waals surface area contributed by atoms with Gasteiger partial charge in [0.1, 0.15) is 10.7 Å². The first-order valence-electron chi connectivity index (χ1n) is 5.48. The Morgan fingerprint density at radius 3 is 2.60 bits per heavy atom. The maximum absolute atomic E-state index is 13.7. The molecule has 1 aromatic heterocycles. The first kappa shape index (κ1) is 14.1. The van der Waals surface area contributed by atoms with Crippen LogP contribution in [0.2, 0.25) is 0 Å². The maximum atomic E-state index is 13.7. The van der Waals surface area contributed by atoms with Gasteiger partial charge in [0.2, 0.25) is 0 Å². The zero-order valence-corrected chi connectivity index (χ0v) is 11.2. The number of benzene rings is 1. The fourth-order valence-corrected chi connectivity index (χ4v) is 2.78. The fraction of sp³-hybridized carbons (Fsp3) is 0.0833. The number of carboxylic acid groups (broad SMARTS) is 1. The zero-order chi connectivity index (χ0) is 14.9. The minimum Gasteiger partial charge on any atom is -0.478 e. The van der Waals surface area contributed by atoms with Gasteiger partial charge in [0.05, 0.1) is 11.3 Å². The topological polar surface area (TPSA) is 88.4 Å². The SMILES string of the molecule is Cn1ccc(S(=O)(=O)Nc2c(F)cccc2C(=O)O)c1. The number of aryl methyl sites for hydroxylation is 1. The molecule has 0 saturated heterocycles. The Morgan fingerprint density at radius 2 is 2.05 bits per heavy atom. The van der Waals surface area contributed by atoms with E-state index in [1.54, 1.807) is 7.05 Å². The summed E-state index contributed by atoms with van der Waals surface area (Å²) in [6, 6.07) is 4.62. The van der Waals surface area contributed by atoms with Gasteiger partial charge in [-0.3, -0.25) is 4.72 Å². The number of halogens is 1. The number of para-hydroxylation sites is 1. The minimum atomic E-state index is -4.05. The van der Waals surface area contributed by atoms with Crippen molar-refractivity contribution in [2.45, 2.75) is 4.90 Å². The number of hydrogen-bond acceptors (Lipinski definition) is 3. The highest BCUT2D eigenvalue weighted by Crippen LogP contribution is 2.23. The minimum absolute atomic E-state index is 0.0837. The van der Waals surface area contributed by atoms with Gasteiger partial charge in [-0.1, -0.05) is 6.07 Å². The molecule has 0 spiro atoms. The average Bonchev–Trinajstić information content (AvgIpc) is 2.79. The molecule has 1 heterocycles. The van der Waals surface area contributed by atoms with Crippen molar-refractivity contribution in [2.24, 2.45) is 7.05 Å². The number of sulfonamides is 1. The van der Waals surface area contributed by atoms with Crippen molar-refractivity contribution in [1.82, 2.24) is 4.57 Å². The molecule has 0 fully saturated rings. The maximum Gasteiger partial charge on any atom is 0.337 e. The molecule has 2 rings (SSSR count). The van der Waals surface area contributed by atoms with Crippen molar-refractivity contribution >= 4 is 21.7 Å². The van der Waals surface area contributed by atoms with Gasteiger partial charge in [0, 0.05) is 19.4 Å². The van der Waals surface area contributed by atoms with Crippen LogP contribution in [0, 0.1) is 5.82 Å². The van der Waals surface area contributed by atoms with Crippen molar-refractivity contribution < 1.29 is 22.7 Å². The Morgan fingerprint density at radius 1 is 1.35 bits per heavy atom. The summed E-state index contributed by atoms with van der Waals surface area (Å²) in [5.41, 5.74) is -1.03. The smallest absolute Gasteiger partial charge is 0.337 e. The molecule has 2 N–H and O–H groups in total. The molecule has 6 nitrogen and oxygen atoms in total. The number of nitrogens with zero attached hydrogens (tertiary/aromatic N) is 1. The van der Waals surface area contributed by atoms with Crippen LogP contribution in [-0.4, -0.2) is 24.1 Å². The van der Waals surface area contributed by atoms with Crippen molar-refractivity contribution in [3.63, 3.8) is 0 Å². The van der Waals surface area contributed by atoms with E-state index in [9.17, 15) is 17.6 Å². The second-order valence-corrected chi connectivity index (χ2v) is 5.77. The van der Waals surface area contributed by atoms with Crippen LogP contribution in [0.4, 0.5) is 10.1 Å². The molecule has 1 aromatic carbocycles. The van der Waals surface area contributed by atoms with Crippen LogP contribution in [0.5, 0.6) is 0 Å². The predicted molar refractivity (Wildman–Crippen MR) is 69.6 cm³/mol. The average molecular weight is 298 g/mol. The highest BCUT2D eigenvalue weighted by atomic mass is 32.2. The molecular formula is C12H11FN2O4S. The zero-order valence-electron chi connectivity index (χ0n) is 10.4. The monoisotopic (exact) mass is 298 g/mol. The number of aromatic nitrogens is 1. The Labute approximate surface area is 114 Å². The molecule has 0 amide bonds. The lowest BCUT2D eigenvalue weighted by Crippen LogP contribution is -2.16. The molecule has 0 atom stereocenters. The number of anilines is 1. The Bertz CT molecular complexity index is 768. The third-order valence-corrected chi connectivity index (χ3v) is 3.93. The van der Waals surface area contributed by atoms with Crippen molar-refractivity contribution in [2.75, 3.05) is 4.72 Å². The lowest BCUT2D eigenvalue weighted by molar-refractivity contribution is 0.0697. The summed E-state index contributed by atoms with van der Waals surface area (Å²) in [4.78, 5) is 10.9. The first-order chi connectivity index (χ1) is 9.31. The largest absolute Gasteiger partial charge is 0.478 e. The molecule has 20 heavy (non-hydrogen) atoms. The molecule has 0 bridgehead atoms. The van der Waals surface area contributed by atoms with Crippen LogP contribution in [0.15, 0.2) is 41.6 Å². The molecule has 0 radical (unpaired) electrons. The molecule has 0 aliphatic heterocycles. The molecular weight excluding hydrogens is 287 g/mol. The highest BCUT2D eigenvalue weighted by molar-refractivity contribution is 7.92. The Balaban J connectivity index is 2.47. The second kappa shape index (κ2) is 4.97. The molecule has 0 aliphatic carbocycles. The number of hydrogen-bond donors (Lipinski definition) is 2. The summed E-state index contributed by atoms with van der Waals surface area (Å²) in [6.07, 6.45) is 2.83. The van der Waals surface area contributed by atoms with E-state index in [0.29, 0.717) is 0 Å². The van der Waals surface area contributed by atoms with E-state index in [4.69, 9.17) is 5.11 Å². The second-order valence-electron chi connectivity index (χ2n) is 4.09. The Hall–Kier alpha value is -2.35. The molecule has 0 unspecified atom stereocenters. The van der Waals surface area contributed by atoms with Gasteiger partial charge in [0.15, 0.2) is 0 Å². The van der Waals surface area contributed by atoms with Crippen molar-refractivity contribution in [1.29, 1.82) is 0 Å². The number of nitrogens with one attached hydrogen (secondary N) is 1. The summed E-state index contributed by atoms with van der Waals surface area (Å²) in [5, 5.41) is 8.96. The standard InChI is InChI=1S/C12H11FN2O4S/c1-15-6-5-8(7-15)20(18,19)14-11-9(12(16)17)3-2-4-10(11)13/h2-7,14H,1H3,(H,16,17). The van der Waals surface area contributed by atoms with Gasteiger partial charge in [-0.15, -0.1) is 0 Å². The van der Waals surface area contributed by atoms with E-state index < -0.39 is 33.1 Å². The normalized spacial score (nSPS) is 11.3. The first-order valence-corrected chi connectivity index (χ1v) is 6.96. The predicted octanol–water partition coefficient (Wildman–Crippen LogP) is 1.66. The number of carboxylic acids is 1. The van der Waals surface area contributed by atoms with E-state index in [0.717, 1.165) is 12.1 Å². The molecule has 2 aromatic rings. The van der Waals surface area contributed by atoms with Crippen LogP contribution in [0.3, 0.4) is 0 Å². The quantitative estimate of drug-likeness (QED) is 0.898. The van der Waals surface area contributed by atoms with Crippen LogP contribution in [-0.2, 0) is 17.1 Å². The van der Waals surface area contributed by atoms with Gasteiger partial charge >= 0.3 is 5.97 Å². The summed E-state index contributed by atoms with van der Waals surface area (Å²) >= 11 is 0. The number of aromatic carboxylic acids is 1. The summed E-state index contributed by atoms with van der Waals surface area (Å²) in [7, 11) is -2.42. The summed E-state index contributed by atoms with van der Waals surface area (Å²) in [5.74, 6) is -2.38. The van der Waals surface area contributed by atoms with Gasteiger partial charge in [-0.2, -0.15) is 0 Å². The molecule has 0 aliphatic rings. The van der Waals surface area contributed by atoms with Crippen molar-refractivity contribution in [3.05, 3.63) is 48.0 Å². The third-order valence-electron chi connectivity index (χ3n) is 2.60. The van der Waals surface area contributed by atoms with Gasteiger partial charge in [-0.05, 0) is 18.2 Å². The van der Waals surface area contributed by atoms with Gasteiger partial charge in [0.25, 0.3) is 10.0 Å². The van der Waals surface area contributed by atoms with Gasteiger partial charge in [-0.25, -0.2) is 17.6 Å². The fourth-order valence-electron chi connectivity index (χ4n) is 1.64. The summed E-state index contributed by atoms with van der Waals surface area (Å²) < 4.78 is 41.3. The van der Waals surface area contributed by atoms with Crippen LogP contribution in [0.25, 0.3) is 0 Å². The van der Waals surface area contributed by atoms with Gasteiger partial charge < -0.3 is 9.67 Å². The van der Waals surface area contributed by atoms with Crippen LogP contribution < -0.4 is 4.72 Å². The number of rotatable bonds is 4. The molecule has 106 valence electrons. The lowest BCUT2D eigenvalue weighted by atomic mass is 10.2.